The van der Waals surface area contributed by atoms with Gasteiger partial charge in [0.1, 0.15) is 18.6 Å². The second-order valence-electron chi connectivity index (χ2n) is 4.46. The molecule has 0 bridgehead atoms. The Morgan fingerprint density at radius 2 is 1.80 bits per heavy atom. The number of ketones is 1. The molecule has 0 aliphatic rings. The van der Waals surface area contributed by atoms with Gasteiger partial charge in [-0.05, 0) is 0 Å². The van der Waals surface area contributed by atoms with Crippen molar-refractivity contribution in [2.75, 3.05) is 33.0 Å². The second-order valence-corrected chi connectivity index (χ2v) is 5.02. The molecule has 6 heteroatoms. The van der Waals surface area contributed by atoms with Crippen LogP contribution in [0.5, 0.6) is 0 Å². The van der Waals surface area contributed by atoms with Gasteiger partial charge in [0.05, 0.1) is 26.5 Å². The third kappa shape index (κ3) is 5.25. The number of aliphatic hydroxyl groups excluding tert-OH is 1. The molecule has 0 heterocycles. The van der Waals surface area contributed by atoms with Crippen LogP contribution < -0.4 is 0 Å². The highest BCUT2D eigenvalue weighted by molar-refractivity contribution is 9.09. The first-order chi connectivity index (χ1) is 6.69. The van der Waals surface area contributed by atoms with Gasteiger partial charge in [-0.15, -0.1) is 0 Å². The predicted molar refractivity (Wildman–Crippen MR) is 58.8 cm³/mol. The number of alkyl halides is 1. The van der Waals surface area contributed by atoms with Crippen LogP contribution in [-0.2, 0) is 9.59 Å². The van der Waals surface area contributed by atoms with Gasteiger partial charge in [-0.25, -0.2) is 0 Å². The van der Waals surface area contributed by atoms with Gasteiger partial charge in [-0.1, -0.05) is 15.9 Å². The molecule has 15 heavy (non-hydrogen) atoms. The number of aliphatic hydroxyl groups is 1. The van der Waals surface area contributed by atoms with Crippen LogP contribution in [0.25, 0.3) is 0 Å². The minimum absolute atomic E-state index is 0.0574. The molecule has 0 saturated carbocycles. The fourth-order valence-electron chi connectivity index (χ4n) is 1.27. The number of carbonyl (C=O) groups excluding carboxylic acids is 1. The SMILES string of the molecule is C[N+](C)(C)CC(O)C(C(=O)O)C(=O)CBr. The van der Waals surface area contributed by atoms with Crippen LogP contribution in [0.15, 0.2) is 0 Å². The molecule has 0 aromatic carbocycles. The van der Waals surface area contributed by atoms with Gasteiger partial charge in [-0.3, -0.25) is 9.59 Å². The number of halogens is 1. The minimum Gasteiger partial charge on any atom is -0.481 e. The van der Waals surface area contributed by atoms with Crippen molar-refractivity contribution in [3.63, 3.8) is 0 Å². The predicted octanol–water partition coefficient (Wildman–Crippen LogP) is -0.282. The summed E-state index contributed by atoms with van der Waals surface area (Å²) in [7, 11) is 5.46. The Morgan fingerprint density at radius 3 is 2.07 bits per heavy atom. The monoisotopic (exact) mass is 282 g/mol. The fourth-order valence-corrected chi connectivity index (χ4v) is 1.62. The number of likely N-dealkylation sites (N-methyl/N-ethyl adjacent to an activating group) is 1. The van der Waals surface area contributed by atoms with E-state index in [4.69, 9.17) is 5.11 Å². The van der Waals surface area contributed by atoms with Gasteiger partial charge < -0.3 is 14.7 Å². The molecule has 0 aromatic heterocycles. The van der Waals surface area contributed by atoms with Crippen molar-refractivity contribution in [2.24, 2.45) is 5.92 Å². The van der Waals surface area contributed by atoms with E-state index < -0.39 is 23.8 Å². The number of carboxylic acid groups (broad SMARTS) is 1. The molecule has 2 unspecified atom stereocenters. The zero-order valence-electron chi connectivity index (χ0n) is 9.11. The minimum atomic E-state index is -1.35. The van der Waals surface area contributed by atoms with Crippen LogP contribution in [0.3, 0.4) is 0 Å². The Kier molecular flexibility index (Phi) is 5.41. The number of carboxylic acids is 1. The van der Waals surface area contributed by atoms with E-state index in [1.54, 1.807) is 0 Å². The highest BCUT2D eigenvalue weighted by Crippen LogP contribution is 2.11. The number of hydrogen-bond acceptors (Lipinski definition) is 3. The maximum Gasteiger partial charge on any atom is 0.316 e. The summed E-state index contributed by atoms with van der Waals surface area (Å²) in [5, 5.41) is 18.5. The average Bonchev–Trinajstić information content (AvgIpc) is 1.99. The molecule has 0 aromatic rings. The molecule has 5 nitrogen and oxygen atoms in total. The molecule has 88 valence electrons. The summed E-state index contributed by atoms with van der Waals surface area (Å²) in [6, 6.07) is 0. The zero-order chi connectivity index (χ0) is 12.2. The van der Waals surface area contributed by atoms with E-state index in [9.17, 15) is 14.7 Å². The van der Waals surface area contributed by atoms with E-state index >= 15 is 0 Å². The number of carbonyl (C=O) groups is 2. The number of nitrogens with zero attached hydrogens (tertiary/aromatic N) is 1. The first kappa shape index (κ1) is 14.5. The second kappa shape index (κ2) is 5.58. The molecule has 2 N–H and O–H groups in total. The highest BCUT2D eigenvalue weighted by Gasteiger charge is 2.35. The van der Waals surface area contributed by atoms with E-state index in [0.717, 1.165) is 0 Å². The summed E-state index contributed by atoms with van der Waals surface area (Å²) in [6.45, 7) is 0.218. The van der Waals surface area contributed by atoms with Gasteiger partial charge in [-0.2, -0.15) is 0 Å². The van der Waals surface area contributed by atoms with E-state index in [-0.39, 0.29) is 11.9 Å². The Balaban J connectivity index is 4.64. The molecule has 0 amide bonds. The third-order valence-electron chi connectivity index (χ3n) is 1.86. The summed E-state index contributed by atoms with van der Waals surface area (Å²) >= 11 is 2.90. The number of aliphatic carboxylic acids is 1. The van der Waals surface area contributed by atoms with Crippen LogP contribution >= 0.6 is 15.9 Å². The van der Waals surface area contributed by atoms with Gasteiger partial charge in [0.15, 0.2) is 5.78 Å². The maximum absolute atomic E-state index is 11.3. The molecular formula is C9H17BrNO4+. The molecule has 0 aliphatic carbocycles. The number of rotatable bonds is 6. The standard InChI is InChI=1S/C9H16BrNO4/c1-11(2,3)5-7(13)8(9(14)15)6(12)4-10/h7-8,13H,4-5H2,1-3H3/p+1. The smallest absolute Gasteiger partial charge is 0.316 e. The first-order valence-electron chi connectivity index (χ1n) is 4.49. The lowest BCUT2D eigenvalue weighted by Crippen LogP contribution is -2.48. The maximum atomic E-state index is 11.3. The van der Waals surface area contributed by atoms with Gasteiger partial charge in [0.25, 0.3) is 0 Å². The van der Waals surface area contributed by atoms with E-state index in [2.05, 4.69) is 15.9 Å². The summed E-state index contributed by atoms with van der Waals surface area (Å²) < 4.78 is 0.403. The van der Waals surface area contributed by atoms with Crippen LogP contribution in [0.4, 0.5) is 0 Å². The van der Waals surface area contributed by atoms with E-state index in [1.165, 1.54) is 0 Å². The van der Waals surface area contributed by atoms with Crippen molar-refractivity contribution in [1.82, 2.24) is 0 Å². The molecule has 0 rings (SSSR count). The van der Waals surface area contributed by atoms with Crippen LogP contribution in [0, 0.1) is 5.92 Å². The Bertz CT molecular complexity index is 249. The fraction of sp³-hybridized carbons (Fsp3) is 0.778. The van der Waals surface area contributed by atoms with Crippen molar-refractivity contribution in [1.29, 1.82) is 0 Å². The topological polar surface area (TPSA) is 74.6 Å². The molecule has 0 saturated heterocycles. The van der Waals surface area contributed by atoms with Crippen LogP contribution in [-0.4, -0.2) is 65.6 Å². The van der Waals surface area contributed by atoms with Crippen molar-refractivity contribution < 1.29 is 24.3 Å². The van der Waals surface area contributed by atoms with Crippen molar-refractivity contribution in [3.05, 3.63) is 0 Å². The molecule has 0 spiro atoms. The van der Waals surface area contributed by atoms with Gasteiger partial charge >= 0.3 is 5.97 Å². The molecule has 0 radical (unpaired) electrons. The lowest BCUT2D eigenvalue weighted by atomic mass is 9.98. The molecular weight excluding hydrogens is 266 g/mol. The van der Waals surface area contributed by atoms with Crippen molar-refractivity contribution in [3.8, 4) is 0 Å². The lowest BCUT2D eigenvalue weighted by molar-refractivity contribution is -0.873. The quantitative estimate of drug-likeness (QED) is 0.399. The van der Waals surface area contributed by atoms with E-state index in [1.807, 2.05) is 21.1 Å². The molecule has 2 atom stereocenters. The number of hydrogen-bond donors (Lipinski definition) is 2. The summed E-state index contributed by atoms with van der Waals surface area (Å²) in [5.41, 5.74) is 0. The summed E-state index contributed by atoms with van der Waals surface area (Å²) in [6.07, 6.45) is -1.16. The Morgan fingerprint density at radius 1 is 1.33 bits per heavy atom. The number of Topliss-reactive ketones (excluding diaryl/α,β-unsaturated/α-hetero) is 1. The summed E-state index contributed by atoms with van der Waals surface area (Å²) in [4.78, 5) is 22.1. The van der Waals surface area contributed by atoms with Crippen molar-refractivity contribution >= 4 is 27.7 Å². The Labute approximate surface area is 97.4 Å². The lowest BCUT2D eigenvalue weighted by Gasteiger charge is -2.28. The summed E-state index contributed by atoms with van der Waals surface area (Å²) in [5.74, 6) is -3.13. The van der Waals surface area contributed by atoms with E-state index in [0.29, 0.717) is 4.48 Å². The molecule has 0 aliphatic heterocycles. The normalized spacial score (nSPS) is 15.8. The average molecular weight is 283 g/mol. The Hall–Kier alpha value is -0.460. The first-order valence-corrected chi connectivity index (χ1v) is 5.61. The highest BCUT2D eigenvalue weighted by atomic mass is 79.9. The molecule has 0 fully saturated rings. The van der Waals surface area contributed by atoms with Crippen LogP contribution in [0.1, 0.15) is 0 Å². The zero-order valence-corrected chi connectivity index (χ0v) is 10.7. The third-order valence-corrected chi connectivity index (χ3v) is 2.42. The largest absolute Gasteiger partial charge is 0.481 e. The number of quaternary nitrogens is 1. The van der Waals surface area contributed by atoms with Gasteiger partial charge in [0, 0.05) is 0 Å². The van der Waals surface area contributed by atoms with Crippen LogP contribution in [0.2, 0.25) is 0 Å². The van der Waals surface area contributed by atoms with Crippen molar-refractivity contribution in [2.45, 2.75) is 6.10 Å². The van der Waals surface area contributed by atoms with Gasteiger partial charge in [0.2, 0.25) is 0 Å².